The van der Waals surface area contributed by atoms with Crippen LogP contribution in [0.25, 0.3) is 6.08 Å². The van der Waals surface area contributed by atoms with Crippen molar-refractivity contribution in [1.29, 1.82) is 0 Å². The summed E-state index contributed by atoms with van der Waals surface area (Å²) in [6.45, 7) is 0. The van der Waals surface area contributed by atoms with Crippen molar-refractivity contribution in [3.8, 4) is 5.75 Å². The van der Waals surface area contributed by atoms with Crippen LogP contribution in [0.15, 0.2) is 30.3 Å². The molecule has 0 saturated heterocycles. The number of rotatable bonds is 5. The lowest BCUT2D eigenvalue weighted by atomic mass is 10.1. The third-order valence-electron chi connectivity index (χ3n) is 3.65. The van der Waals surface area contributed by atoms with Gasteiger partial charge in [0.05, 0.1) is 13.0 Å². The molecule has 21 heavy (non-hydrogen) atoms. The van der Waals surface area contributed by atoms with Gasteiger partial charge in [0.25, 0.3) is 0 Å². The molecule has 1 saturated carbocycles. The maximum atomic E-state index is 11.8. The summed E-state index contributed by atoms with van der Waals surface area (Å²) in [6, 6.07) is 7.35. The van der Waals surface area contributed by atoms with Crippen molar-refractivity contribution in [2.24, 2.45) is 5.92 Å². The van der Waals surface area contributed by atoms with Gasteiger partial charge in [-0.25, -0.2) is 0 Å². The molecule has 112 valence electrons. The van der Waals surface area contributed by atoms with Gasteiger partial charge in [-0.15, -0.1) is 0 Å². The van der Waals surface area contributed by atoms with Crippen LogP contribution < -0.4 is 10.1 Å². The van der Waals surface area contributed by atoms with Crippen molar-refractivity contribution in [2.75, 3.05) is 7.11 Å². The van der Waals surface area contributed by atoms with Crippen molar-refractivity contribution in [3.63, 3.8) is 0 Å². The monoisotopic (exact) mass is 289 g/mol. The minimum absolute atomic E-state index is 0.0476. The van der Waals surface area contributed by atoms with E-state index in [0.29, 0.717) is 12.8 Å². The van der Waals surface area contributed by atoms with E-state index in [-0.39, 0.29) is 17.9 Å². The van der Waals surface area contributed by atoms with Crippen LogP contribution in [0.5, 0.6) is 5.75 Å². The molecule has 1 fully saturated rings. The molecule has 1 aliphatic carbocycles. The summed E-state index contributed by atoms with van der Waals surface area (Å²) in [7, 11) is 1.59. The van der Waals surface area contributed by atoms with Crippen LogP contribution in [-0.2, 0) is 9.59 Å². The van der Waals surface area contributed by atoms with E-state index in [1.807, 2.05) is 24.3 Å². The van der Waals surface area contributed by atoms with Crippen LogP contribution in [0, 0.1) is 5.92 Å². The van der Waals surface area contributed by atoms with E-state index in [2.05, 4.69) is 5.32 Å². The number of carboxylic acid groups (broad SMARTS) is 1. The number of carbonyl (C=O) groups excluding carboxylic acids is 1. The number of ether oxygens (including phenoxy) is 1. The zero-order valence-electron chi connectivity index (χ0n) is 11.9. The summed E-state index contributed by atoms with van der Waals surface area (Å²) in [5.41, 5.74) is 0.874. The highest BCUT2D eigenvalue weighted by molar-refractivity contribution is 5.92. The Bertz CT molecular complexity index is 553. The summed E-state index contributed by atoms with van der Waals surface area (Å²) in [6.07, 6.45) is 5.02. The zero-order chi connectivity index (χ0) is 15.2. The first-order valence-electron chi connectivity index (χ1n) is 6.94. The Balaban J connectivity index is 1.87. The van der Waals surface area contributed by atoms with Crippen molar-refractivity contribution < 1.29 is 19.4 Å². The molecule has 0 bridgehead atoms. The molecule has 2 rings (SSSR count). The second-order valence-corrected chi connectivity index (χ2v) is 5.16. The van der Waals surface area contributed by atoms with Gasteiger partial charge in [0, 0.05) is 12.1 Å². The summed E-state index contributed by atoms with van der Waals surface area (Å²) >= 11 is 0. The lowest BCUT2D eigenvalue weighted by molar-refractivity contribution is -0.141. The number of nitrogens with one attached hydrogen (secondary N) is 1. The van der Waals surface area contributed by atoms with E-state index in [0.717, 1.165) is 17.7 Å². The molecule has 2 atom stereocenters. The number of hydrogen-bond donors (Lipinski definition) is 2. The fraction of sp³-hybridized carbons (Fsp3) is 0.375. The van der Waals surface area contributed by atoms with E-state index in [4.69, 9.17) is 9.84 Å². The molecule has 1 aromatic carbocycles. The molecule has 0 aromatic heterocycles. The first-order valence-corrected chi connectivity index (χ1v) is 6.94. The van der Waals surface area contributed by atoms with E-state index in [9.17, 15) is 9.59 Å². The summed E-state index contributed by atoms with van der Waals surface area (Å²) in [5.74, 6) is -0.581. The first kappa shape index (κ1) is 15.1. The highest BCUT2D eigenvalue weighted by atomic mass is 16.5. The Morgan fingerprint density at radius 3 is 2.86 bits per heavy atom. The number of hydrogen-bond acceptors (Lipinski definition) is 3. The predicted molar refractivity (Wildman–Crippen MR) is 78.9 cm³/mol. The Hall–Kier alpha value is -2.30. The van der Waals surface area contributed by atoms with E-state index in [1.54, 1.807) is 13.2 Å². The molecular weight excluding hydrogens is 270 g/mol. The average Bonchev–Trinajstić information content (AvgIpc) is 2.94. The molecule has 1 amide bonds. The van der Waals surface area contributed by atoms with Gasteiger partial charge in [-0.05, 0) is 43.0 Å². The summed E-state index contributed by atoms with van der Waals surface area (Å²) < 4.78 is 5.11. The maximum absolute atomic E-state index is 11.8. The van der Waals surface area contributed by atoms with Crippen LogP contribution >= 0.6 is 0 Å². The Morgan fingerprint density at radius 1 is 1.38 bits per heavy atom. The molecule has 1 aromatic rings. The second kappa shape index (κ2) is 6.92. The minimum atomic E-state index is -0.779. The van der Waals surface area contributed by atoms with Gasteiger partial charge in [0.2, 0.25) is 5.91 Å². The first-order chi connectivity index (χ1) is 10.1. The molecule has 5 nitrogen and oxygen atoms in total. The third kappa shape index (κ3) is 4.34. The minimum Gasteiger partial charge on any atom is -0.497 e. The standard InChI is InChI=1S/C16H19NO4/c1-21-14-4-2-3-11(9-14)5-8-15(18)17-13-7-6-12(10-13)16(19)20/h2-5,8-9,12-13H,6-7,10H2,1H3,(H,17,18)(H,19,20). The van der Waals surface area contributed by atoms with Gasteiger partial charge in [-0.3, -0.25) is 9.59 Å². The number of carbonyl (C=O) groups is 2. The molecule has 0 heterocycles. The predicted octanol–water partition coefficient (Wildman–Crippen LogP) is 2.08. The normalized spacial score (nSPS) is 21.4. The van der Waals surface area contributed by atoms with Crippen LogP contribution in [0.4, 0.5) is 0 Å². The summed E-state index contributed by atoms with van der Waals surface area (Å²) in [5, 5.41) is 11.8. The fourth-order valence-electron chi connectivity index (χ4n) is 2.50. The topological polar surface area (TPSA) is 75.6 Å². The van der Waals surface area contributed by atoms with E-state index in [1.165, 1.54) is 6.08 Å². The second-order valence-electron chi connectivity index (χ2n) is 5.16. The molecular formula is C16H19NO4. The average molecular weight is 289 g/mol. The summed E-state index contributed by atoms with van der Waals surface area (Å²) in [4.78, 5) is 22.7. The van der Waals surface area contributed by atoms with Crippen molar-refractivity contribution in [2.45, 2.75) is 25.3 Å². The van der Waals surface area contributed by atoms with Gasteiger partial charge in [0.1, 0.15) is 5.75 Å². The highest BCUT2D eigenvalue weighted by Gasteiger charge is 2.30. The van der Waals surface area contributed by atoms with E-state index < -0.39 is 5.97 Å². The van der Waals surface area contributed by atoms with Crippen molar-refractivity contribution >= 4 is 18.0 Å². The van der Waals surface area contributed by atoms with E-state index >= 15 is 0 Å². The molecule has 5 heteroatoms. The third-order valence-corrected chi connectivity index (χ3v) is 3.65. The maximum Gasteiger partial charge on any atom is 0.306 e. The van der Waals surface area contributed by atoms with Crippen molar-refractivity contribution in [3.05, 3.63) is 35.9 Å². The van der Waals surface area contributed by atoms with Crippen LogP contribution in [0.3, 0.4) is 0 Å². The van der Waals surface area contributed by atoms with Crippen LogP contribution in [0.2, 0.25) is 0 Å². The fourth-order valence-corrected chi connectivity index (χ4v) is 2.50. The molecule has 0 spiro atoms. The Labute approximate surface area is 123 Å². The Morgan fingerprint density at radius 2 is 2.19 bits per heavy atom. The quantitative estimate of drug-likeness (QED) is 0.814. The number of methoxy groups -OCH3 is 1. The molecule has 0 radical (unpaired) electrons. The SMILES string of the molecule is COc1cccc(C=CC(=O)NC2CCC(C(=O)O)C2)c1. The highest BCUT2D eigenvalue weighted by Crippen LogP contribution is 2.25. The lowest BCUT2D eigenvalue weighted by Gasteiger charge is -2.10. The molecule has 1 aliphatic rings. The van der Waals surface area contributed by atoms with Gasteiger partial charge in [-0.1, -0.05) is 12.1 Å². The zero-order valence-corrected chi connectivity index (χ0v) is 11.9. The molecule has 2 unspecified atom stereocenters. The van der Waals surface area contributed by atoms with Crippen LogP contribution in [-0.4, -0.2) is 30.1 Å². The van der Waals surface area contributed by atoms with Gasteiger partial charge in [0.15, 0.2) is 0 Å². The smallest absolute Gasteiger partial charge is 0.306 e. The number of amides is 1. The van der Waals surface area contributed by atoms with Gasteiger partial charge >= 0.3 is 5.97 Å². The molecule has 0 aliphatic heterocycles. The largest absolute Gasteiger partial charge is 0.497 e. The molecule has 2 N–H and O–H groups in total. The van der Waals surface area contributed by atoms with Crippen LogP contribution in [0.1, 0.15) is 24.8 Å². The van der Waals surface area contributed by atoms with Gasteiger partial charge < -0.3 is 15.2 Å². The lowest BCUT2D eigenvalue weighted by Crippen LogP contribution is -2.31. The Kier molecular flexibility index (Phi) is 4.98. The number of benzene rings is 1. The van der Waals surface area contributed by atoms with Crippen molar-refractivity contribution in [1.82, 2.24) is 5.32 Å². The number of carboxylic acids is 1. The van der Waals surface area contributed by atoms with Gasteiger partial charge in [-0.2, -0.15) is 0 Å². The number of aliphatic carboxylic acids is 1.